The van der Waals surface area contributed by atoms with Crippen molar-refractivity contribution in [3.63, 3.8) is 0 Å². The number of ether oxygens (including phenoxy) is 2. The first-order valence-electron chi connectivity index (χ1n) is 5.71. The fraction of sp³-hybridized carbons (Fsp3) is 0.417. The molecule has 0 N–H and O–H groups in total. The van der Waals surface area contributed by atoms with E-state index >= 15 is 0 Å². The number of hydrogen-bond acceptors (Lipinski definition) is 4. The fourth-order valence-corrected chi connectivity index (χ4v) is 2.07. The molecule has 1 aromatic carbocycles. The van der Waals surface area contributed by atoms with Crippen LogP contribution < -0.4 is 4.74 Å². The molecule has 0 aromatic heterocycles. The highest BCUT2D eigenvalue weighted by molar-refractivity contribution is 8.00. The van der Waals surface area contributed by atoms with Crippen molar-refractivity contribution in [2.75, 3.05) is 7.11 Å². The van der Waals surface area contributed by atoms with E-state index in [1.165, 1.54) is 0 Å². The molecule has 22 heavy (non-hydrogen) atoms. The Balaban J connectivity index is 3.01. The zero-order chi connectivity index (χ0) is 17.0. The second-order valence-corrected chi connectivity index (χ2v) is 5.08. The number of benzene rings is 1. The topological polar surface area (TPSA) is 35.5 Å². The maximum Gasteiger partial charge on any atom is 0.573 e. The Labute approximate surface area is 125 Å². The molecule has 1 aromatic rings. The summed E-state index contributed by atoms with van der Waals surface area (Å²) < 4.78 is 81.8. The Kier molecular flexibility index (Phi) is 5.98. The van der Waals surface area contributed by atoms with Gasteiger partial charge in [-0.3, -0.25) is 4.79 Å². The van der Waals surface area contributed by atoms with Crippen molar-refractivity contribution in [3.05, 3.63) is 23.8 Å². The number of halogens is 6. The number of thioether (sulfide) groups is 1. The summed E-state index contributed by atoms with van der Waals surface area (Å²) in [6, 6.07) is 2.70. The van der Waals surface area contributed by atoms with E-state index in [1.807, 2.05) is 0 Å². The van der Waals surface area contributed by atoms with Crippen LogP contribution in [0.15, 0.2) is 23.1 Å². The molecule has 0 radical (unpaired) electrons. The van der Waals surface area contributed by atoms with Gasteiger partial charge in [-0.1, -0.05) is 6.07 Å². The Hall–Kier alpha value is -1.58. The lowest BCUT2D eigenvalue weighted by Gasteiger charge is -2.15. The molecule has 0 amide bonds. The first-order chi connectivity index (χ1) is 10.00. The second-order valence-electron chi connectivity index (χ2n) is 3.94. The number of rotatable bonds is 5. The Morgan fingerprint density at radius 2 is 1.82 bits per heavy atom. The first kappa shape index (κ1) is 18.5. The minimum Gasteiger partial charge on any atom is -0.469 e. The molecule has 0 spiro atoms. The van der Waals surface area contributed by atoms with Gasteiger partial charge in [0, 0.05) is 11.3 Å². The number of alkyl halides is 6. The minimum absolute atomic E-state index is 0.0470. The first-order valence-corrected chi connectivity index (χ1v) is 6.53. The molecular weight excluding hydrogens is 338 g/mol. The summed E-state index contributed by atoms with van der Waals surface area (Å²) in [6.45, 7) is 0. The van der Waals surface area contributed by atoms with Gasteiger partial charge >= 0.3 is 17.8 Å². The van der Waals surface area contributed by atoms with E-state index in [-0.39, 0.29) is 18.4 Å². The van der Waals surface area contributed by atoms with Gasteiger partial charge in [-0.15, -0.1) is 13.2 Å². The van der Waals surface area contributed by atoms with Gasteiger partial charge in [0.25, 0.3) is 0 Å². The van der Waals surface area contributed by atoms with Gasteiger partial charge < -0.3 is 9.47 Å². The van der Waals surface area contributed by atoms with Gasteiger partial charge in [0.2, 0.25) is 0 Å². The van der Waals surface area contributed by atoms with Crippen molar-refractivity contribution in [2.45, 2.75) is 29.6 Å². The van der Waals surface area contributed by atoms with Gasteiger partial charge in [-0.2, -0.15) is 13.2 Å². The summed E-state index contributed by atoms with van der Waals surface area (Å²) in [4.78, 5) is 10.5. The molecule has 0 bridgehead atoms. The molecule has 0 aliphatic heterocycles. The van der Waals surface area contributed by atoms with Crippen molar-refractivity contribution in [3.8, 4) is 5.75 Å². The van der Waals surface area contributed by atoms with E-state index in [1.54, 1.807) is 0 Å². The number of hydrogen-bond donors (Lipinski definition) is 0. The van der Waals surface area contributed by atoms with Crippen LogP contribution >= 0.6 is 11.8 Å². The quantitative estimate of drug-likeness (QED) is 0.451. The standard InChI is InChI=1S/C12H10F6O3S/c1-20-10(19)5-3-7-2-4-8(22-12(16,17)18)6-9(7)21-11(13,14)15/h2,4,6H,3,5H2,1H3. The lowest BCUT2D eigenvalue weighted by Crippen LogP contribution is -2.18. The molecule has 1 rings (SSSR count). The number of aryl methyl sites for hydroxylation is 1. The van der Waals surface area contributed by atoms with Gasteiger partial charge in [0.15, 0.2) is 0 Å². The zero-order valence-corrected chi connectivity index (χ0v) is 11.9. The van der Waals surface area contributed by atoms with Crippen LogP contribution in [0.4, 0.5) is 26.3 Å². The molecule has 0 saturated carbocycles. The summed E-state index contributed by atoms with van der Waals surface area (Å²) >= 11 is -0.560. The summed E-state index contributed by atoms with van der Waals surface area (Å²) in [6.07, 6.45) is -5.44. The van der Waals surface area contributed by atoms with Gasteiger partial charge in [-0.05, 0) is 35.9 Å². The summed E-state index contributed by atoms with van der Waals surface area (Å²) in [5, 5.41) is 0. The third kappa shape index (κ3) is 6.92. The summed E-state index contributed by atoms with van der Waals surface area (Å²) in [5.74, 6) is -1.43. The molecule has 10 heteroatoms. The zero-order valence-electron chi connectivity index (χ0n) is 11.0. The van der Waals surface area contributed by atoms with Crippen LogP contribution in [0.3, 0.4) is 0 Å². The highest BCUT2D eigenvalue weighted by Gasteiger charge is 2.33. The van der Waals surface area contributed by atoms with Crippen molar-refractivity contribution < 1.29 is 40.6 Å². The van der Waals surface area contributed by atoms with E-state index < -0.39 is 40.2 Å². The predicted molar refractivity (Wildman–Crippen MR) is 65.4 cm³/mol. The van der Waals surface area contributed by atoms with Crippen molar-refractivity contribution in [1.29, 1.82) is 0 Å². The number of esters is 1. The molecule has 0 aliphatic rings. The molecule has 0 atom stereocenters. The van der Waals surface area contributed by atoms with E-state index in [4.69, 9.17) is 0 Å². The molecule has 0 fully saturated rings. The maximum atomic E-state index is 12.3. The number of carbonyl (C=O) groups excluding carboxylic acids is 1. The van der Waals surface area contributed by atoms with Crippen LogP contribution in [-0.4, -0.2) is 24.9 Å². The van der Waals surface area contributed by atoms with Crippen LogP contribution in [0.2, 0.25) is 0 Å². The average Bonchev–Trinajstić information content (AvgIpc) is 2.33. The smallest absolute Gasteiger partial charge is 0.469 e. The lowest BCUT2D eigenvalue weighted by molar-refractivity contribution is -0.275. The average molecular weight is 348 g/mol. The van der Waals surface area contributed by atoms with Crippen LogP contribution in [-0.2, 0) is 16.0 Å². The largest absolute Gasteiger partial charge is 0.573 e. The molecule has 0 unspecified atom stereocenters. The molecule has 0 aliphatic carbocycles. The van der Waals surface area contributed by atoms with Crippen LogP contribution in [0.5, 0.6) is 5.75 Å². The predicted octanol–water partition coefficient (Wildman–Crippen LogP) is 4.30. The van der Waals surface area contributed by atoms with E-state index in [0.717, 1.165) is 19.2 Å². The normalized spacial score (nSPS) is 12.1. The minimum atomic E-state index is -5.05. The monoisotopic (exact) mass is 348 g/mol. The molecule has 124 valence electrons. The fourth-order valence-electron chi connectivity index (χ4n) is 1.50. The van der Waals surface area contributed by atoms with Crippen LogP contribution in [0.25, 0.3) is 0 Å². The van der Waals surface area contributed by atoms with Crippen LogP contribution in [0, 0.1) is 0 Å². The third-order valence-electron chi connectivity index (χ3n) is 2.32. The summed E-state index contributed by atoms with van der Waals surface area (Å²) in [5.41, 5.74) is -4.68. The molecule has 0 saturated heterocycles. The van der Waals surface area contributed by atoms with Crippen molar-refractivity contribution >= 4 is 17.7 Å². The van der Waals surface area contributed by atoms with E-state index in [0.29, 0.717) is 6.07 Å². The van der Waals surface area contributed by atoms with Gasteiger partial charge in [0.1, 0.15) is 5.75 Å². The Morgan fingerprint density at radius 3 is 2.32 bits per heavy atom. The van der Waals surface area contributed by atoms with Gasteiger partial charge in [-0.25, -0.2) is 0 Å². The Morgan fingerprint density at radius 1 is 1.18 bits per heavy atom. The Bertz CT molecular complexity index is 527. The molecular formula is C12H10F6O3S. The van der Waals surface area contributed by atoms with Crippen molar-refractivity contribution in [1.82, 2.24) is 0 Å². The van der Waals surface area contributed by atoms with Gasteiger partial charge in [0.05, 0.1) is 7.11 Å². The van der Waals surface area contributed by atoms with E-state index in [9.17, 15) is 31.1 Å². The van der Waals surface area contributed by atoms with Crippen molar-refractivity contribution in [2.24, 2.45) is 0 Å². The number of carbonyl (C=O) groups is 1. The maximum absolute atomic E-state index is 12.3. The second kappa shape index (κ2) is 7.12. The third-order valence-corrected chi connectivity index (χ3v) is 3.05. The molecule has 0 heterocycles. The number of methoxy groups -OCH3 is 1. The lowest BCUT2D eigenvalue weighted by atomic mass is 10.1. The SMILES string of the molecule is COC(=O)CCc1ccc(SC(F)(F)F)cc1OC(F)(F)F. The van der Waals surface area contributed by atoms with E-state index in [2.05, 4.69) is 9.47 Å². The molecule has 3 nitrogen and oxygen atoms in total. The summed E-state index contributed by atoms with van der Waals surface area (Å²) in [7, 11) is 1.11. The van der Waals surface area contributed by atoms with Crippen LogP contribution in [0.1, 0.15) is 12.0 Å². The highest BCUT2D eigenvalue weighted by atomic mass is 32.2. The highest BCUT2D eigenvalue weighted by Crippen LogP contribution is 2.39.